The molecule has 4 rings (SSSR count). The van der Waals surface area contributed by atoms with Crippen molar-refractivity contribution in [3.05, 3.63) is 64.3 Å². The Kier molecular flexibility index (Phi) is 6.60. The largest absolute Gasteiger partial charge is 0.507 e. The van der Waals surface area contributed by atoms with Crippen LogP contribution >= 0.6 is 11.6 Å². The molecule has 0 radical (unpaired) electrons. The predicted octanol–water partition coefficient (Wildman–Crippen LogP) is 4.44. The molecule has 1 N–H and O–H groups in total. The van der Waals surface area contributed by atoms with Crippen LogP contribution in [0.5, 0.6) is 5.75 Å². The van der Waals surface area contributed by atoms with Crippen molar-refractivity contribution in [3.8, 4) is 16.9 Å². The van der Waals surface area contributed by atoms with Crippen LogP contribution in [-0.4, -0.2) is 51.6 Å². The molecule has 1 saturated heterocycles. The molecule has 0 saturated carbocycles. The van der Waals surface area contributed by atoms with Gasteiger partial charge in [-0.05, 0) is 35.8 Å². The zero-order valence-electron chi connectivity index (χ0n) is 20.0. The molecule has 0 unspecified atom stereocenters. The third-order valence-electron chi connectivity index (χ3n) is 6.01. The molecular weight excluding hydrogens is 471 g/mol. The number of hydrogen-bond acceptors (Lipinski definition) is 5. The van der Waals surface area contributed by atoms with E-state index in [-0.39, 0.29) is 33.2 Å². The normalized spacial score (nSPS) is 14.4. The van der Waals surface area contributed by atoms with Crippen LogP contribution < -0.4 is 10.6 Å². The lowest BCUT2D eigenvalue weighted by molar-refractivity contribution is -0.126. The number of phenolic OH excluding ortho intramolecular Hbond substituents is 1. The average molecular weight is 499 g/mol. The van der Waals surface area contributed by atoms with Gasteiger partial charge in [0.05, 0.1) is 11.1 Å². The Labute approximate surface area is 208 Å². The monoisotopic (exact) mass is 498 g/mol. The van der Waals surface area contributed by atoms with Gasteiger partial charge in [-0.3, -0.25) is 9.36 Å². The van der Waals surface area contributed by atoms with Gasteiger partial charge in [0.2, 0.25) is 5.91 Å². The van der Waals surface area contributed by atoms with Crippen molar-refractivity contribution in [3.63, 3.8) is 0 Å². The Bertz CT molecular complexity index is 1350. The molecular formula is C26H28ClFN4O3. The first-order valence-electron chi connectivity index (χ1n) is 11.4. The number of fused-ring (bicyclic) bond motifs is 1. The Balaban J connectivity index is 1.91. The first kappa shape index (κ1) is 24.7. The molecule has 2 aromatic carbocycles. The van der Waals surface area contributed by atoms with Crippen LogP contribution in [0.2, 0.25) is 5.02 Å². The van der Waals surface area contributed by atoms with Gasteiger partial charge < -0.3 is 14.9 Å². The number of hydrogen-bond donors (Lipinski definition) is 1. The van der Waals surface area contributed by atoms with E-state index in [9.17, 15) is 19.1 Å². The summed E-state index contributed by atoms with van der Waals surface area (Å²) < 4.78 is 16.3. The molecule has 1 aromatic heterocycles. The molecule has 7 nitrogen and oxygen atoms in total. The second kappa shape index (κ2) is 9.34. The van der Waals surface area contributed by atoms with Crippen LogP contribution in [-0.2, 0) is 11.3 Å². The molecule has 184 valence electrons. The minimum absolute atomic E-state index is 0.0240. The molecule has 0 aliphatic carbocycles. The van der Waals surface area contributed by atoms with E-state index in [0.717, 1.165) is 0 Å². The Morgan fingerprint density at radius 2 is 1.91 bits per heavy atom. The number of carbonyl (C=O) groups is 1. The van der Waals surface area contributed by atoms with Crippen LogP contribution in [0, 0.1) is 11.2 Å². The fraction of sp³-hybridized carbons (Fsp3) is 0.346. The van der Waals surface area contributed by atoms with E-state index >= 15 is 0 Å². The van der Waals surface area contributed by atoms with Crippen LogP contribution in [0.1, 0.15) is 20.8 Å². The van der Waals surface area contributed by atoms with E-state index in [1.54, 1.807) is 21.6 Å². The Morgan fingerprint density at radius 3 is 2.51 bits per heavy atom. The number of aromatic hydroxyl groups is 1. The summed E-state index contributed by atoms with van der Waals surface area (Å²) in [5.74, 6) is -0.533. The van der Waals surface area contributed by atoms with Crippen LogP contribution in [0.15, 0.2) is 47.8 Å². The molecule has 35 heavy (non-hydrogen) atoms. The summed E-state index contributed by atoms with van der Waals surface area (Å²) in [7, 11) is 0. The number of nitrogens with zero attached hydrogens (tertiary/aromatic N) is 4. The van der Waals surface area contributed by atoms with Crippen molar-refractivity contribution in [2.75, 3.05) is 31.1 Å². The van der Waals surface area contributed by atoms with E-state index in [4.69, 9.17) is 11.6 Å². The average Bonchev–Trinajstić information content (AvgIpc) is 2.80. The maximum Gasteiger partial charge on any atom is 0.350 e. The molecule has 1 fully saturated rings. The number of carbonyl (C=O) groups excluding carboxylic acids is 1. The third kappa shape index (κ3) is 4.89. The number of benzene rings is 2. The van der Waals surface area contributed by atoms with Gasteiger partial charge in [-0.1, -0.05) is 45.0 Å². The topological polar surface area (TPSA) is 78.7 Å². The van der Waals surface area contributed by atoms with Gasteiger partial charge in [0.15, 0.2) is 0 Å². The van der Waals surface area contributed by atoms with Crippen molar-refractivity contribution in [1.29, 1.82) is 0 Å². The lowest BCUT2D eigenvalue weighted by atomic mass is 9.96. The Hall–Kier alpha value is -3.39. The second-order valence-electron chi connectivity index (χ2n) is 9.86. The summed E-state index contributed by atoms with van der Waals surface area (Å²) in [4.78, 5) is 33.3. The molecule has 0 spiro atoms. The molecule has 3 aromatic rings. The maximum atomic E-state index is 14.7. The number of phenols is 1. The number of halogens is 2. The molecule has 2 heterocycles. The Morgan fingerprint density at radius 1 is 1.23 bits per heavy atom. The number of rotatable bonds is 4. The summed E-state index contributed by atoms with van der Waals surface area (Å²) in [6, 6.07) is 7.37. The van der Waals surface area contributed by atoms with Crippen molar-refractivity contribution in [1.82, 2.24) is 14.5 Å². The van der Waals surface area contributed by atoms with Crippen molar-refractivity contribution >= 4 is 34.2 Å². The summed E-state index contributed by atoms with van der Waals surface area (Å²) in [5.41, 5.74) is 0.135. The lowest BCUT2D eigenvalue weighted by Gasteiger charge is -2.35. The number of aromatic nitrogens is 2. The standard InChI is InChI=1S/C26H28ClFN4O3/c1-5-22(34)30-9-11-31(12-10-30)24-17-13-18(27)16(23-19(28)7-6-8-21(23)33)14-20(17)32(25(35)29-24)15-26(2,3)4/h5-8,13-14,33H,1,9-12,15H2,2-4H3. The number of anilines is 1. The number of piperazine rings is 1. The summed E-state index contributed by atoms with van der Waals surface area (Å²) >= 11 is 6.63. The van der Waals surface area contributed by atoms with Gasteiger partial charge in [0.1, 0.15) is 17.4 Å². The first-order valence-corrected chi connectivity index (χ1v) is 11.8. The van der Waals surface area contributed by atoms with E-state index in [1.807, 2.05) is 25.7 Å². The predicted molar refractivity (Wildman–Crippen MR) is 137 cm³/mol. The highest BCUT2D eigenvalue weighted by molar-refractivity contribution is 6.34. The minimum atomic E-state index is -0.617. The fourth-order valence-corrected chi connectivity index (χ4v) is 4.64. The fourth-order valence-electron chi connectivity index (χ4n) is 4.39. The van der Waals surface area contributed by atoms with Crippen molar-refractivity contribution < 1.29 is 14.3 Å². The first-order chi connectivity index (χ1) is 16.5. The van der Waals surface area contributed by atoms with Gasteiger partial charge in [-0.15, -0.1) is 0 Å². The molecule has 1 aliphatic heterocycles. The third-order valence-corrected chi connectivity index (χ3v) is 6.32. The molecule has 1 aliphatic rings. The van der Waals surface area contributed by atoms with Gasteiger partial charge in [0.25, 0.3) is 0 Å². The summed E-state index contributed by atoms with van der Waals surface area (Å²) in [5, 5.41) is 11.2. The van der Waals surface area contributed by atoms with Crippen LogP contribution in [0.3, 0.4) is 0 Å². The van der Waals surface area contributed by atoms with Gasteiger partial charge >= 0.3 is 5.69 Å². The molecule has 0 atom stereocenters. The van der Waals surface area contributed by atoms with E-state index < -0.39 is 11.5 Å². The molecule has 1 amide bonds. The van der Waals surface area contributed by atoms with Gasteiger partial charge in [0, 0.05) is 48.7 Å². The zero-order valence-corrected chi connectivity index (χ0v) is 20.8. The SMILES string of the molecule is C=CC(=O)N1CCN(c2nc(=O)n(CC(C)(C)C)c3cc(-c4c(O)cccc4F)c(Cl)cc23)CC1. The van der Waals surface area contributed by atoms with E-state index in [0.29, 0.717) is 49.4 Å². The smallest absolute Gasteiger partial charge is 0.350 e. The highest BCUT2D eigenvalue weighted by Gasteiger charge is 2.26. The molecule has 9 heteroatoms. The van der Waals surface area contributed by atoms with E-state index in [1.165, 1.54) is 24.3 Å². The van der Waals surface area contributed by atoms with Gasteiger partial charge in [-0.2, -0.15) is 4.98 Å². The lowest BCUT2D eigenvalue weighted by Crippen LogP contribution is -2.49. The zero-order chi connectivity index (χ0) is 25.5. The second-order valence-corrected chi connectivity index (χ2v) is 10.3. The highest BCUT2D eigenvalue weighted by Crippen LogP contribution is 2.40. The van der Waals surface area contributed by atoms with Gasteiger partial charge in [-0.25, -0.2) is 9.18 Å². The molecule has 0 bridgehead atoms. The van der Waals surface area contributed by atoms with Crippen molar-refractivity contribution in [2.45, 2.75) is 27.3 Å². The quantitative estimate of drug-likeness (QED) is 0.538. The summed E-state index contributed by atoms with van der Waals surface area (Å²) in [6.45, 7) is 11.8. The minimum Gasteiger partial charge on any atom is -0.507 e. The van der Waals surface area contributed by atoms with Crippen molar-refractivity contribution in [2.24, 2.45) is 5.41 Å². The van der Waals surface area contributed by atoms with Crippen LogP contribution in [0.4, 0.5) is 10.2 Å². The maximum absolute atomic E-state index is 14.7. The summed E-state index contributed by atoms with van der Waals surface area (Å²) in [6.07, 6.45) is 1.29. The number of amides is 1. The van der Waals surface area contributed by atoms with Crippen LogP contribution in [0.25, 0.3) is 22.0 Å². The van der Waals surface area contributed by atoms with E-state index in [2.05, 4.69) is 11.6 Å². The highest BCUT2D eigenvalue weighted by atomic mass is 35.5.